The molecule has 0 saturated carbocycles. The van der Waals surface area contributed by atoms with E-state index in [9.17, 15) is 0 Å². The van der Waals surface area contributed by atoms with E-state index in [1.165, 1.54) is 29.7 Å². The number of hydrogen-bond donors (Lipinski definition) is 1. The van der Waals surface area contributed by atoms with Gasteiger partial charge in [0.2, 0.25) is 6.79 Å². The lowest BCUT2D eigenvalue weighted by Crippen LogP contribution is -2.49. The Morgan fingerprint density at radius 3 is 2.90 bits per heavy atom. The molecule has 158 valence electrons. The molecule has 0 radical (unpaired) electrons. The Morgan fingerprint density at radius 2 is 2.00 bits per heavy atom. The van der Waals surface area contributed by atoms with Crippen LogP contribution in [0.15, 0.2) is 48.7 Å². The van der Waals surface area contributed by atoms with Gasteiger partial charge in [-0.3, -0.25) is 10.2 Å². The first-order valence-corrected chi connectivity index (χ1v) is 10.7. The highest BCUT2D eigenvalue weighted by atomic mass is 16.7. The number of hydrogen-bond acceptors (Lipinski definition) is 6. The third kappa shape index (κ3) is 3.73. The van der Waals surface area contributed by atoms with E-state index in [0.29, 0.717) is 13.0 Å². The van der Waals surface area contributed by atoms with Gasteiger partial charge in [0.25, 0.3) is 0 Å². The van der Waals surface area contributed by atoms with Crippen molar-refractivity contribution in [1.29, 1.82) is 0 Å². The first-order chi connectivity index (χ1) is 14.7. The molecular formula is C24H29N3O3. The maximum atomic E-state index is 5.57. The van der Waals surface area contributed by atoms with E-state index >= 15 is 0 Å². The van der Waals surface area contributed by atoms with Gasteiger partial charge in [0.05, 0.1) is 19.3 Å². The van der Waals surface area contributed by atoms with Crippen molar-refractivity contribution in [3.05, 3.63) is 59.8 Å². The van der Waals surface area contributed by atoms with Crippen LogP contribution in [-0.2, 0) is 6.54 Å². The lowest BCUT2D eigenvalue weighted by Gasteiger charge is -2.39. The van der Waals surface area contributed by atoms with E-state index in [2.05, 4.69) is 58.7 Å². The van der Waals surface area contributed by atoms with Crippen molar-refractivity contribution in [2.45, 2.75) is 38.0 Å². The van der Waals surface area contributed by atoms with Crippen molar-refractivity contribution in [3.8, 4) is 17.2 Å². The van der Waals surface area contributed by atoms with E-state index in [0.717, 1.165) is 36.8 Å². The number of ether oxygens (including phenoxy) is 3. The summed E-state index contributed by atoms with van der Waals surface area (Å²) in [6.45, 7) is 2.31. The molecule has 0 bridgehead atoms. The van der Waals surface area contributed by atoms with Crippen LogP contribution >= 0.6 is 0 Å². The number of nitrogens with one attached hydrogen (secondary N) is 1. The summed E-state index contributed by atoms with van der Waals surface area (Å²) in [6.07, 6.45) is 8.34. The third-order valence-corrected chi connectivity index (χ3v) is 6.26. The molecule has 2 aromatic rings. The predicted molar refractivity (Wildman–Crippen MR) is 117 cm³/mol. The number of benzene rings is 2. The highest BCUT2D eigenvalue weighted by Gasteiger charge is 2.28. The average Bonchev–Trinajstić information content (AvgIpc) is 3.24. The zero-order chi connectivity index (χ0) is 20.5. The van der Waals surface area contributed by atoms with Crippen molar-refractivity contribution in [1.82, 2.24) is 10.2 Å². The lowest BCUT2D eigenvalue weighted by atomic mass is 9.98. The van der Waals surface area contributed by atoms with E-state index in [1.807, 2.05) is 12.1 Å². The molecule has 1 saturated heterocycles. The maximum Gasteiger partial charge on any atom is 0.231 e. The minimum atomic E-state index is 0.161. The van der Waals surface area contributed by atoms with Crippen LogP contribution in [0.25, 0.3) is 0 Å². The fourth-order valence-corrected chi connectivity index (χ4v) is 4.62. The van der Waals surface area contributed by atoms with Crippen LogP contribution < -0.4 is 24.4 Å². The first kappa shape index (κ1) is 19.3. The second-order valence-electron chi connectivity index (χ2n) is 8.19. The number of nitrogens with zero attached hydrogens (tertiary/aromatic N) is 2. The molecule has 6 heteroatoms. The van der Waals surface area contributed by atoms with Crippen LogP contribution in [0.2, 0.25) is 0 Å². The molecule has 3 aliphatic rings. The van der Waals surface area contributed by atoms with Crippen LogP contribution in [0.5, 0.6) is 17.2 Å². The highest BCUT2D eigenvalue weighted by Crippen LogP contribution is 2.36. The van der Waals surface area contributed by atoms with Crippen molar-refractivity contribution < 1.29 is 14.2 Å². The van der Waals surface area contributed by atoms with Crippen LogP contribution in [0.3, 0.4) is 0 Å². The second-order valence-corrected chi connectivity index (χ2v) is 8.19. The monoisotopic (exact) mass is 407 g/mol. The summed E-state index contributed by atoms with van der Waals surface area (Å²) < 4.78 is 16.5. The molecule has 1 N–H and O–H groups in total. The van der Waals surface area contributed by atoms with Gasteiger partial charge in [-0.25, -0.2) is 0 Å². The summed E-state index contributed by atoms with van der Waals surface area (Å²) in [5.74, 6) is 2.59. The van der Waals surface area contributed by atoms with Crippen LogP contribution in [0.4, 0.5) is 5.69 Å². The molecule has 3 heterocycles. The summed E-state index contributed by atoms with van der Waals surface area (Å²) >= 11 is 0. The quantitative estimate of drug-likeness (QED) is 0.808. The van der Waals surface area contributed by atoms with Gasteiger partial charge in [0.1, 0.15) is 5.75 Å². The average molecular weight is 408 g/mol. The molecule has 0 aliphatic carbocycles. The van der Waals surface area contributed by atoms with Crippen LogP contribution in [0.1, 0.15) is 36.4 Å². The molecule has 5 rings (SSSR count). The third-order valence-electron chi connectivity index (χ3n) is 6.26. The number of anilines is 1. The summed E-state index contributed by atoms with van der Waals surface area (Å²) in [4.78, 5) is 4.71. The number of likely N-dealkylation sites (tertiary alicyclic amines) is 1. The lowest BCUT2D eigenvalue weighted by molar-refractivity contribution is 0.106. The fraction of sp³-hybridized carbons (Fsp3) is 0.417. The number of methoxy groups -OCH3 is 1. The molecule has 2 aromatic carbocycles. The SMILES string of the molecule is COc1ccc2c(c1)C(NC1CCCCN1Cc1ccc3c(c1)OCO3)C=CN2C. The van der Waals surface area contributed by atoms with Crippen molar-refractivity contribution in [2.24, 2.45) is 0 Å². The zero-order valence-electron chi connectivity index (χ0n) is 17.6. The Morgan fingerprint density at radius 1 is 1.10 bits per heavy atom. The minimum absolute atomic E-state index is 0.161. The van der Waals surface area contributed by atoms with Gasteiger partial charge in [0, 0.05) is 31.0 Å². The van der Waals surface area contributed by atoms with Crippen molar-refractivity contribution >= 4 is 5.69 Å². The van der Waals surface area contributed by atoms with Gasteiger partial charge >= 0.3 is 0 Å². The Kier molecular flexibility index (Phi) is 5.27. The second kappa shape index (κ2) is 8.20. The van der Waals surface area contributed by atoms with Gasteiger partial charge < -0.3 is 19.1 Å². The molecular weight excluding hydrogens is 378 g/mol. The van der Waals surface area contributed by atoms with E-state index in [1.54, 1.807) is 7.11 Å². The zero-order valence-corrected chi connectivity index (χ0v) is 17.6. The molecule has 2 atom stereocenters. The summed E-state index contributed by atoms with van der Waals surface area (Å²) in [5, 5.41) is 3.91. The molecule has 0 spiro atoms. The number of rotatable bonds is 5. The molecule has 6 nitrogen and oxygen atoms in total. The van der Waals surface area contributed by atoms with Gasteiger partial charge in [0.15, 0.2) is 11.5 Å². The van der Waals surface area contributed by atoms with Gasteiger partial charge in [-0.15, -0.1) is 0 Å². The molecule has 0 amide bonds. The molecule has 0 aromatic heterocycles. The summed E-state index contributed by atoms with van der Waals surface area (Å²) in [5.41, 5.74) is 3.73. The van der Waals surface area contributed by atoms with Crippen molar-refractivity contribution in [2.75, 3.05) is 32.4 Å². The molecule has 3 aliphatic heterocycles. The number of piperidine rings is 1. The van der Waals surface area contributed by atoms with Crippen LogP contribution in [-0.4, -0.2) is 38.6 Å². The highest BCUT2D eigenvalue weighted by molar-refractivity contribution is 5.62. The van der Waals surface area contributed by atoms with Crippen LogP contribution in [0, 0.1) is 0 Å². The maximum absolute atomic E-state index is 5.57. The topological polar surface area (TPSA) is 46.2 Å². The largest absolute Gasteiger partial charge is 0.497 e. The molecule has 2 unspecified atom stereocenters. The van der Waals surface area contributed by atoms with Gasteiger partial charge in [-0.2, -0.15) is 0 Å². The minimum Gasteiger partial charge on any atom is -0.497 e. The Balaban J connectivity index is 1.35. The van der Waals surface area contributed by atoms with E-state index < -0.39 is 0 Å². The normalized spacial score (nSPS) is 22.8. The molecule has 30 heavy (non-hydrogen) atoms. The Labute approximate surface area is 178 Å². The predicted octanol–water partition coefficient (Wildman–Crippen LogP) is 4.03. The fourth-order valence-electron chi connectivity index (χ4n) is 4.62. The smallest absolute Gasteiger partial charge is 0.231 e. The summed E-state index contributed by atoms with van der Waals surface area (Å²) in [7, 11) is 3.81. The molecule has 1 fully saturated rings. The standard InChI is InChI=1S/C24H29N3O3/c1-26-12-10-20(19-14-18(28-2)7-8-21(19)26)25-24-5-3-4-11-27(24)15-17-6-9-22-23(13-17)30-16-29-22/h6-10,12-14,20,24-25H,3-5,11,15-16H2,1-2H3. The Hall–Kier alpha value is -2.70. The van der Waals surface area contributed by atoms with Crippen molar-refractivity contribution in [3.63, 3.8) is 0 Å². The van der Waals surface area contributed by atoms with Gasteiger partial charge in [-0.05, 0) is 67.8 Å². The van der Waals surface area contributed by atoms with E-state index in [4.69, 9.17) is 14.2 Å². The number of fused-ring (bicyclic) bond motifs is 2. The summed E-state index contributed by atoms with van der Waals surface area (Å²) in [6, 6.07) is 12.8. The Bertz CT molecular complexity index is 945. The van der Waals surface area contributed by atoms with Gasteiger partial charge in [-0.1, -0.05) is 6.07 Å². The van der Waals surface area contributed by atoms with E-state index in [-0.39, 0.29) is 6.04 Å². The first-order valence-electron chi connectivity index (χ1n) is 10.7.